The number of rotatable bonds is 2. The molecule has 2 N–H and O–H groups in total. The largest absolute Gasteiger partial charge is 0.383 e. The van der Waals surface area contributed by atoms with E-state index in [4.69, 9.17) is 5.73 Å². The zero-order valence-corrected chi connectivity index (χ0v) is 12.0. The Bertz CT molecular complexity index is 860. The number of nitrogens with two attached hydrogens (primary N) is 1. The van der Waals surface area contributed by atoms with E-state index in [-0.39, 0.29) is 0 Å². The van der Waals surface area contributed by atoms with E-state index < -0.39 is 0 Å². The molecule has 0 saturated heterocycles. The highest BCUT2D eigenvalue weighted by atomic mass is 32.1. The number of hydrogen-bond donors (Lipinski definition) is 1. The molecule has 0 spiro atoms. The topological polar surface area (TPSA) is 56.2 Å². The normalized spacial score (nSPS) is 11.2. The maximum Gasteiger partial charge on any atom is 0.196 e. The van der Waals surface area contributed by atoms with Crippen LogP contribution in [-0.2, 0) is 0 Å². The molecule has 0 radical (unpaired) electrons. The van der Waals surface area contributed by atoms with Crippen LogP contribution in [0.4, 0.5) is 5.82 Å². The van der Waals surface area contributed by atoms with Crippen LogP contribution in [0, 0.1) is 0 Å². The Morgan fingerprint density at radius 3 is 2.85 bits per heavy atom. The Kier molecular flexibility index (Phi) is 2.58. The van der Waals surface area contributed by atoms with Gasteiger partial charge < -0.3 is 5.73 Å². The molecule has 0 aliphatic heterocycles. The minimum absolute atomic E-state index is 0.683. The first-order valence-electron chi connectivity index (χ1n) is 6.04. The summed E-state index contributed by atoms with van der Waals surface area (Å²) in [5, 5.41) is 4.10. The van der Waals surface area contributed by atoms with E-state index in [1.165, 1.54) is 0 Å². The molecular weight excluding hydrogens is 288 g/mol. The van der Waals surface area contributed by atoms with Gasteiger partial charge in [0.15, 0.2) is 4.96 Å². The highest BCUT2D eigenvalue weighted by Crippen LogP contribution is 2.35. The van der Waals surface area contributed by atoms with Gasteiger partial charge in [-0.2, -0.15) is 0 Å². The zero-order chi connectivity index (χ0) is 13.5. The fraction of sp³-hybridized carbons (Fsp3) is 0. The van der Waals surface area contributed by atoms with Crippen molar-refractivity contribution in [2.24, 2.45) is 0 Å². The molecule has 0 saturated carbocycles. The number of thiazole rings is 1. The minimum atomic E-state index is 0.683. The second-order valence-electron chi connectivity index (χ2n) is 4.30. The van der Waals surface area contributed by atoms with Crippen LogP contribution in [0.15, 0.2) is 47.4 Å². The third-order valence-electron chi connectivity index (χ3n) is 3.11. The average Bonchev–Trinajstić information content (AvgIpc) is 3.18. The lowest BCUT2D eigenvalue weighted by Gasteiger charge is -2.01. The van der Waals surface area contributed by atoms with Crippen molar-refractivity contribution in [2.75, 3.05) is 5.73 Å². The van der Waals surface area contributed by atoms with E-state index in [0.717, 1.165) is 26.8 Å². The van der Waals surface area contributed by atoms with Crippen LogP contribution >= 0.6 is 22.7 Å². The first-order chi connectivity index (χ1) is 9.84. The summed E-state index contributed by atoms with van der Waals surface area (Å²) in [5.41, 5.74) is 9.24. The molecule has 0 unspecified atom stereocenters. The van der Waals surface area contributed by atoms with Gasteiger partial charge in [-0.1, -0.05) is 6.07 Å². The van der Waals surface area contributed by atoms with Crippen molar-refractivity contribution in [3.63, 3.8) is 0 Å². The summed E-state index contributed by atoms with van der Waals surface area (Å²) >= 11 is 3.24. The second-order valence-corrected chi connectivity index (χ2v) is 6.09. The van der Waals surface area contributed by atoms with Gasteiger partial charge in [-0.3, -0.25) is 9.38 Å². The SMILES string of the molecule is Nc1c(-c2cccs2)nc2scc(-c3cccnc3)n12. The quantitative estimate of drug-likeness (QED) is 0.613. The Hall–Kier alpha value is -2.18. The molecule has 0 bridgehead atoms. The number of thiophene rings is 1. The Morgan fingerprint density at radius 1 is 1.15 bits per heavy atom. The van der Waals surface area contributed by atoms with Crippen molar-refractivity contribution in [2.45, 2.75) is 0 Å². The van der Waals surface area contributed by atoms with Gasteiger partial charge in [-0.15, -0.1) is 22.7 Å². The van der Waals surface area contributed by atoms with Crippen LogP contribution < -0.4 is 5.73 Å². The molecule has 4 aromatic rings. The molecule has 0 atom stereocenters. The molecule has 0 aliphatic rings. The molecule has 0 amide bonds. The van der Waals surface area contributed by atoms with Gasteiger partial charge in [0.2, 0.25) is 0 Å². The van der Waals surface area contributed by atoms with Gasteiger partial charge >= 0.3 is 0 Å². The van der Waals surface area contributed by atoms with Gasteiger partial charge in [-0.05, 0) is 23.6 Å². The number of pyridine rings is 1. The van der Waals surface area contributed by atoms with Crippen molar-refractivity contribution in [3.05, 3.63) is 47.4 Å². The van der Waals surface area contributed by atoms with Gasteiger partial charge in [0.05, 0.1) is 10.6 Å². The summed E-state index contributed by atoms with van der Waals surface area (Å²) in [5.74, 6) is 0.683. The van der Waals surface area contributed by atoms with Crippen LogP contribution in [0.3, 0.4) is 0 Å². The summed E-state index contributed by atoms with van der Waals surface area (Å²) in [4.78, 5) is 10.8. The number of nitrogens with zero attached hydrogens (tertiary/aromatic N) is 3. The molecule has 4 nitrogen and oxygen atoms in total. The van der Waals surface area contributed by atoms with Gasteiger partial charge in [0.1, 0.15) is 11.5 Å². The standard InChI is InChI=1S/C14H10N4S2/c15-13-12(11-4-2-6-19-11)17-14-18(13)10(8-20-14)9-3-1-5-16-7-9/h1-8H,15H2. The smallest absolute Gasteiger partial charge is 0.196 e. The predicted molar refractivity (Wildman–Crippen MR) is 84.0 cm³/mol. The van der Waals surface area contributed by atoms with Crippen molar-refractivity contribution in [1.29, 1.82) is 0 Å². The molecule has 4 rings (SSSR count). The molecule has 20 heavy (non-hydrogen) atoms. The average molecular weight is 298 g/mol. The van der Waals surface area contributed by atoms with Gasteiger partial charge in [0, 0.05) is 23.3 Å². The number of anilines is 1. The Morgan fingerprint density at radius 2 is 2.10 bits per heavy atom. The Labute approximate surface area is 123 Å². The monoisotopic (exact) mass is 298 g/mol. The maximum atomic E-state index is 6.31. The number of fused-ring (bicyclic) bond motifs is 1. The first-order valence-corrected chi connectivity index (χ1v) is 7.80. The fourth-order valence-corrected chi connectivity index (χ4v) is 3.82. The number of imidazole rings is 1. The number of hydrogen-bond acceptors (Lipinski definition) is 5. The molecule has 4 heterocycles. The summed E-state index contributed by atoms with van der Waals surface area (Å²) in [6.07, 6.45) is 3.60. The summed E-state index contributed by atoms with van der Waals surface area (Å²) in [6.45, 7) is 0. The van der Waals surface area contributed by atoms with E-state index >= 15 is 0 Å². The Balaban J connectivity index is 1.97. The molecule has 98 valence electrons. The first kappa shape index (κ1) is 11.6. The number of aromatic nitrogens is 3. The van der Waals surface area contributed by atoms with E-state index in [1.54, 1.807) is 28.9 Å². The highest BCUT2D eigenvalue weighted by molar-refractivity contribution is 7.15. The molecule has 6 heteroatoms. The van der Waals surface area contributed by atoms with Gasteiger partial charge in [-0.25, -0.2) is 4.98 Å². The lowest BCUT2D eigenvalue weighted by Crippen LogP contribution is -1.95. The van der Waals surface area contributed by atoms with E-state index in [2.05, 4.69) is 15.3 Å². The predicted octanol–water partition coefficient (Wildman–Crippen LogP) is 3.77. The highest BCUT2D eigenvalue weighted by Gasteiger charge is 2.17. The molecule has 4 aromatic heterocycles. The van der Waals surface area contributed by atoms with E-state index in [9.17, 15) is 0 Å². The molecule has 0 aromatic carbocycles. The van der Waals surface area contributed by atoms with Crippen molar-refractivity contribution >= 4 is 33.5 Å². The summed E-state index contributed by atoms with van der Waals surface area (Å²) < 4.78 is 2.00. The van der Waals surface area contributed by atoms with Crippen LogP contribution in [0.2, 0.25) is 0 Å². The van der Waals surface area contributed by atoms with Crippen molar-refractivity contribution in [1.82, 2.24) is 14.4 Å². The lowest BCUT2D eigenvalue weighted by molar-refractivity contribution is 1.23. The van der Waals surface area contributed by atoms with Crippen LogP contribution in [0.25, 0.3) is 26.8 Å². The van der Waals surface area contributed by atoms with Crippen LogP contribution in [0.1, 0.15) is 0 Å². The van der Waals surface area contributed by atoms with Crippen LogP contribution in [0.5, 0.6) is 0 Å². The number of nitrogen functional groups attached to an aromatic ring is 1. The fourth-order valence-electron chi connectivity index (χ4n) is 2.19. The van der Waals surface area contributed by atoms with E-state index in [0.29, 0.717) is 5.82 Å². The van der Waals surface area contributed by atoms with Crippen molar-refractivity contribution in [3.8, 4) is 21.8 Å². The second kappa shape index (κ2) is 4.43. The van der Waals surface area contributed by atoms with E-state index in [1.807, 2.05) is 40.2 Å². The zero-order valence-electron chi connectivity index (χ0n) is 10.4. The summed E-state index contributed by atoms with van der Waals surface area (Å²) in [7, 11) is 0. The molecule has 0 aliphatic carbocycles. The lowest BCUT2D eigenvalue weighted by atomic mass is 10.2. The third kappa shape index (κ3) is 1.65. The molecular formula is C14H10N4S2. The third-order valence-corrected chi connectivity index (χ3v) is 4.81. The van der Waals surface area contributed by atoms with Crippen molar-refractivity contribution < 1.29 is 0 Å². The molecule has 0 fully saturated rings. The van der Waals surface area contributed by atoms with Crippen LogP contribution in [-0.4, -0.2) is 14.4 Å². The maximum absolute atomic E-state index is 6.31. The summed E-state index contributed by atoms with van der Waals surface area (Å²) in [6, 6.07) is 8.00. The van der Waals surface area contributed by atoms with Gasteiger partial charge in [0.25, 0.3) is 0 Å². The minimum Gasteiger partial charge on any atom is -0.383 e.